The fourth-order valence-electron chi connectivity index (χ4n) is 1.82. The van der Waals surface area contributed by atoms with Crippen molar-refractivity contribution in [3.05, 3.63) is 57.6 Å². The molecule has 0 saturated carbocycles. The van der Waals surface area contributed by atoms with Crippen LogP contribution in [-0.2, 0) is 16.6 Å². The molecule has 0 spiro atoms. The van der Waals surface area contributed by atoms with E-state index in [2.05, 4.69) is 4.72 Å². The molecule has 0 aliphatic rings. The largest absolute Gasteiger partial charge is 0.397 e. The van der Waals surface area contributed by atoms with Crippen LogP contribution in [0.15, 0.2) is 41.3 Å². The summed E-state index contributed by atoms with van der Waals surface area (Å²) in [4.78, 5) is 0.123. The Morgan fingerprint density at radius 1 is 1.14 bits per heavy atom. The highest BCUT2D eigenvalue weighted by atomic mass is 35.5. The maximum atomic E-state index is 12.3. The minimum absolute atomic E-state index is 0.123. The van der Waals surface area contributed by atoms with E-state index >= 15 is 0 Å². The van der Waals surface area contributed by atoms with Crippen LogP contribution in [0.1, 0.15) is 11.1 Å². The van der Waals surface area contributed by atoms with Crippen molar-refractivity contribution in [3.8, 4) is 0 Å². The van der Waals surface area contributed by atoms with Gasteiger partial charge >= 0.3 is 0 Å². The van der Waals surface area contributed by atoms with E-state index in [1.54, 1.807) is 31.2 Å². The highest BCUT2D eigenvalue weighted by molar-refractivity contribution is 7.89. The molecule has 0 heterocycles. The van der Waals surface area contributed by atoms with E-state index in [0.29, 0.717) is 15.6 Å². The first-order chi connectivity index (χ1) is 9.79. The van der Waals surface area contributed by atoms with Crippen LogP contribution in [0.4, 0.5) is 5.69 Å². The molecule has 0 bridgehead atoms. The lowest BCUT2D eigenvalue weighted by molar-refractivity contribution is 0.580. The van der Waals surface area contributed by atoms with Crippen LogP contribution in [0.25, 0.3) is 0 Å². The predicted octanol–water partition coefficient (Wildman–Crippen LogP) is 3.36. The van der Waals surface area contributed by atoms with E-state index in [-0.39, 0.29) is 17.1 Å². The van der Waals surface area contributed by atoms with Gasteiger partial charge in [-0.1, -0.05) is 35.3 Å². The Bertz CT molecular complexity index is 759. The van der Waals surface area contributed by atoms with Crippen LogP contribution in [-0.4, -0.2) is 8.42 Å². The standard InChI is InChI=1S/C14H14Cl2N2O2S/c1-9-6-12(16)13(17)7-14(9)21(19,20)18-8-10-2-4-11(15)5-3-10/h2-7,18H,8,17H2,1H3. The third-order valence-electron chi connectivity index (χ3n) is 2.96. The molecule has 3 N–H and O–H groups in total. The molecule has 0 atom stereocenters. The highest BCUT2D eigenvalue weighted by Crippen LogP contribution is 2.26. The zero-order chi connectivity index (χ0) is 15.6. The number of nitrogens with two attached hydrogens (primary N) is 1. The van der Waals surface area contributed by atoms with Crippen LogP contribution in [0.5, 0.6) is 0 Å². The normalized spacial score (nSPS) is 11.6. The summed E-state index contributed by atoms with van der Waals surface area (Å²) < 4.78 is 27.2. The lowest BCUT2D eigenvalue weighted by Crippen LogP contribution is -2.24. The molecule has 0 aromatic heterocycles. The third-order valence-corrected chi connectivity index (χ3v) is 5.09. The van der Waals surface area contributed by atoms with Crippen LogP contribution < -0.4 is 10.5 Å². The van der Waals surface area contributed by atoms with Gasteiger partial charge in [0.25, 0.3) is 0 Å². The molecule has 112 valence electrons. The second-order valence-corrected chi connectivity index (χ2v) is 7.17. The van der Waals surface area contributed by atoms with Crippen molar-refractivity contribution in [2.24, 2.45) is 0 Å². The Hall–Kier alpha value is -1.27. The maximum absolute atomic E-state index is 12.3. The zero-order valence-corrected chi connectivity index (χ0v) is 13.6. The van der Waals surface area contributed by atoms with Crippen molar-refractivity contribution in [1.29, 1.82) is 0 Å². The van der Waals surface area contributed by atoms with Crippen molar-refractivity contribution < 1.29 is 8.42 Å². The molecule has 21 heavy (non-hydrogen) atoms. The summed E-state index contributed by atoms with van der Waals surface area (Å²) in [7, 11) is -3.66. The molecular formula is C14H14Cl2N2O2S. The molecule has 4 nitrogen and oxygen atoms in total. The molecule has 7 heteroatoms. The number of rotatable bonds is 4. The lowest BCUT2D eigenvalue weighted by atomic mass is 10.2. The number of aryl methyl sites for hydroxylation is 1. The topological polar surface area (TPSA) is 72.2 Å². The van der Waals surface area contributed by atoms with Crippen LogP contribution in [0.3, 0.4) is 0 Å². The smallest absolute Gasteiger partial charge is 0.241 e. The molecule has 0 aliphatic carbocycles. The average Bonchev–Trinajstić information content (AvgIpc) is 2.42. The number of nitrogen functional groups attached to an aromatic ring is 1. The van der Waals surface area contributed by atoms with Crippen molar-refractivity contribution in [3.63, 3.8) is 0 Å². The number of halogens is 2. The third kappa shape index (κ3) is 3.89. The number of benzene rings is 2. The maximum Gasteiger partial charge on any atom is 0.241 e. The lowest BCUT2D eigenvalue weighted by Gasteiger charge is -2.11. The van der Waals surface area contributed by atoms with Gasteiger partial charge < -0.3 is 5.73 Å². The fourth-order valence-corrected chi connectivity index (χ4v) is 3.44. The second-order valence-electron chi connectivity index (χ2n) is 4.59. The Morgan fingerprint density at radius 2 is 1.76 bits per heavy atom. The molecule has 2 aromatic carbocycles. The number of hydrogen-bond donors (Lipinski definition) is 2. The first-order valence-electron chi connectivity index (χ1n) is 6.09. The van der Waals surface area contributed by atoms with E-state index in [4.69, 9.17) is 28.9 Å². The summed E-state index contributed by atoms with van der Waals surface area (Å²) in [5, 5.41) is 0.937. The molecule has 0 unspecified atom stereocenters. The highest BCUT2D eigenvalue weighted by Gasteiger charge is 2.18. The van der Waals surface area contributed by atoms with Gasteiger partial charge in [0.05, 0.1) is 15.6 Å². The van der Waals surface area contributed by atoms with E-state index in [1.165, 1.54) is 12.1 Å². The first kappa shape index (κ1) is 16.1. The van der Waals surface area contributed by atoms with E-state index in [9.17, 15) is 8.42 Å². The van der Waals surface area contributed by atoms with Gasteiger partial charge in [0.2, 0.25) is 10.0 Å². The van der Waals surface area contributed by atoms with E-state index < -0.39 is 10.0 Å². The summed E-state index contributed by atoms with van der Waals surface area (Å²) >= 11 is 11.7. The zero-order valence-electron chi connectivity index (χ0n) is 11.2. The summed E-state index contributed by atoms with van der Waals surface area (Å²) in [6.07, 6.45) is 0. The summed E-state index contributed by atoms with van der Waals surface area (Å²) in [5.41, 5.74) is 7.25. The fraction of sp³-hybridized carbons (Fsp3) is 0.143. The molecule has 0 aliphatic heterocycles. The second kappa shape index (κ2) is 6.23. The summed E-state index contributed by atoms with van der Waals surface area (Å²) in [6, 6.07) is 9.82. The first-order valence-corrected chi connectivity index (χ1v) is 8.33. The molecule has 0 saturated heterocycles. The average molecular weight is 345 g/mol. The molecular weight excluding hydrogens is 331 g/mol. The quantitative estimate of drug-likeness (QED) is 0.835. The van der Waals surface area contributed by atoms with Gasteiger partial charge in [0.15, 0.2) is 0 Å². The molecule has 0 fully saturated rings. The van der Waals surface area contributed by atoms with Gasteiger partial charge in [-0.3, -0.25) is 0 Å². The van der Waals surface area contributed by atoms with Crippen LogP contribution >= 0.6 is 23.2 Å². The number of hydrogen-bond acceptors (Lipinski definition) is 3. The summed E-state index contributed by atoms with van der Waals surface area (Å²) in [5.74, 6) is 0. The van der Waals surface area contributed by atoms with Crippen molar-refractivity contribution in [1.82, 2.24) is 4.72 Å². The number of anilines is 1. The van der Waals surface area contributed by atoms with E-state index in [1.807, 2.05) is 0 Å². The number of sulfonamides is 1. The Kier molecular flexibility index (Phi) is 4.78. The Balaban J connectivity index is 2.22. The molecule has 2 rings (SSSR count). The van der Waals surface area contributed by atoms with Gasteiger partial charge in [0.1, 0.15) is 0 Å². The summed E-state index contributed by atoms with van der Waals surface area (Å²) in [6.45, 7) is 1.84. The van der Waals surface area contributed by atoms with Gasteiger partial charge in [-0.25, -0.2) is 13.1 Å². The Morgan fingerprint density at radius 3 is 2.38 bits per heavy atom. The van der Waals surface area contributed by atoms with Crippen molar-refractivity contribution >= 4 is 38.9 Å². The molecule has 0 amide bonds. The predicted molar refractivity (Wildman–Crippen MR) is 86.1 cm³/mol. The van der Waals surface area contributed by atoms with Gasteiger partial charge in [-0.15, -0.1) is 0 Å². The number of nitrogens with one attached hydrogen (secondary N) is 1. The Labute approximate surface area is 133 Å². The minimum Gasteiger partial charge on any atom is -0.397 e. The van der Waals surface area contributed by atoms with Gasteiger partial charge in [-0.2, -0.15) is 0 Å². The molecule has 2 aromatic rings. The van der Waals surface area contributed by atoms with Gasteiger partial charge in [0, 0.05) is 11.6 Å². The van der Waals surface area contributed by atoms with Crippen LogP contribution in [0.2, 0.25) is 10.0 Å². The monoisotopic (exact) mass is 344 g/mol. The minimum atomic E-state index is -3.66. The van der Waals surface area contributed by atoms with Crippen LogP contribution in [0, 0.1) is 6.92 Å². The van der Waals surface area contributed by atoms with Crippen molar-refractivity contribution in [2.75, 3.05) is 5.73 Å². The molecule has 0 radical (unpaired) electrons. The van der Waals surface area contributed by atoms with Crippen molar-refractivity contribution in [2.45, 2.75) is 18.4 Å². The van der Waals surface area contributed by atoms with E-state index in [0.717, 1.165) is 5.56 Å². The SMILES string of the molecule is Cc1cc(Cl)c(N)cc1S(=O)(=O)NCc1ccc(Cl)cc1. The van der Waals surface area contributed by atoms with Gasteiger partial charge in [-0.05, 0) is 42.3 Å².